The SMILES string of the molecule is CC(C)(C)OC(=O)N1CCc2cc(CO)cc(C(F)(F)F)c2C1. The molecule has 0 spiro atoms. The first-order valence-corrected chi connectivity index (χ1v) is 7.32. The summed E-state index contributed by atoms with van der Waals surface area (Å²) < 4.78 is 45.1. The van der Waals surface area contributed by atoms with Gasteiger partial charge in [-0.3, -0.25) is 0 Å². The Morgan fingerprint density at radius 1 is 1.30 bits per heavy atom. The highest BCUT2D eigenvalue weighted by Crippen LogP contribution is 2.37. The Morgan fingerprint density at radius 3 is 2.48 bits per heavy atom. The average molecular weight is 331 g/mol. The highest BCUT2D eigenvalue weighted by atomic mass is 19.4. The largest absolute Gasteiger partial charge is 0.444 e. The van der Waals surface area contributed by atoms with Crippen LogP contribution in [0.3, 0.4) is 0 Å². The van der Waals surface area contributed by atoms with Crippen molar-refractivity contribution in [3.05, 3.63) is 34.4 Å². The molecule has 1 aliphatic rings. The van der Waals surface area contributed by atoms with E-state index in [4.69, 9.17) is 9.84 Å². The van der Waals surface area contributed by atoms with E-state index >= 15 is 0 Å². The molecular weight excluding hydrogens is 311 g/mol. The number of hydrogen-bond acceptors (Lipinski definition) is 3. The molecular formula is C16H20F3NO3. The molecule has 1 aromatic rings. The van der Waals surface area contributed by atoms with Gasteiger partial charge in [-0.25, -0.2) is 4.79 Å². The van der Waals surface area contributed by atoms with E-state index in [0.29, 0.717) is 12.0 Å². The van der Waals surface area contributed by atoms with E-state index in [0.717, 1.165) is 6.07 Å². The topological polar surface area (TPSA) is 49.8 Å². The second-order valence-electron chi connectivity index (χ2n) is 6.59. The maximum Gasteiger partial charge on any atom is 0.416 e. The van der Waals surface area contributed by atoms with Crippen LogP contribution in [0.4, 0.5) is 18.0 Å². The molecule has 0 bridgehead atoms. The first kappa shape index (κ1) is 17.6. The van der Waals surface area contributed by atoms with Gasteiger partial charge in [0, 0.05) is 13.1 Å². The molecule has 2 rings (SSSR count). The van der Waals surface area contributed by atoms with Crippen LogP contribution >= 0.6 is 0 Å². The fourth-order valence-corrected chi connectivity index (χ4v) is 2.56. The minimum absolute atomic E-state index is 0.0757. The molecule has 1 heterocycles. The van der Waals surface area contributed by atoms with Crippen LogP contribution in [0, 0.1) is 0 Å². The van der Waals surface area contributed by atoms with Gasteiger partial charge < -0.3 is 14.7 Å². The van der Waals surface area contributed by atoms with Crippen molar-refractivity contribution in [1.82, 2.24) is 4.90 Å². The first-order valence-electron chi connectivity index (χ1n) is 7.32. The Labute approximate surface area is 132 Å². The van der Waals surface area contributed by atoms with Gasteiger partial charge >= 0.3 is 12.3 Å². The van der Waals surface area contributed by atoms with Gasteiger partial charge in [-0.05, 0) is 49.9 Å². The molecule has 0 fully saturated rings. The van der Waals surface area contributed by atoms with Crippen molar-refractivity contribution in [1.29, 1.82) is 0 Å². The third-order valence-corrected chi connectivity index (χ3v) is 3.54. The van der Waals surface area contributed by atoms with Crippen molar-refractivity contribution < 1.29 is 27.8 Å². The van der Waals surface area contributed by atoms with Gasteiger partial charge in [0.25, 0.3) is 0 Å². The van der Waals surface area contributed by atoms with Crippen molar-refractivity contribution in [2.75, 3.05) is 6.54 Å². The Bertz CT molecular complexity index is 606. The van der Waals surface area contributed by atoms with Gasteiger partial charge in [0.2, 0.25) is 0 Å². The highest BCUT2D eigenvalue weighted by Gasteiger charge is 2.37. The summed E-state index contributed by atoms with van der Waals surface area (Å²) in [5, 5.41) is 9.15. The van der Waals surface area contributed by atoms with Gasteiger partial charge in [-0.1, -0.05) is 6.07 Å². The van der Waals surface area contributed by atoms with Gasteiger partial charge in [-0.2, -0.15) is 13.2 Å². The van der Waals surface area contributed by atoms with E-state index in [-0.39, 0.29) is 24.2 Å². The molecule has 1 aromatic carbocycles. The van der Waals surface area contributed by atoms with Crippen molar-refractivity contribution in [2.24, 2.45) is 0 Å². The minimum atomic E-state index is -4.54. The second kappa shape index (κ2) is 6.03. The summed E-state index contributed by atoms with van der Waals surface area (Å²) in [6.45, 7) is 4.80. The van der Waals surface area contributed by atoms with Crippen molar-refractivity contribution in [3.63, 3.8) is 0 Å². The molecule has 4 nitrogen and oxygen atoms in total. The molecule has 7 heteroatoms. The minimum Gasteiger partial charge on any atom is -0.444 e. The number of carbonyl (C=O) groups excluding carboxylic acids is 1. The second-order valence-corrected chi connectivity index (χ2v) is 6.59. The molecule has 1 aliphatic heterocycles. The van der Waals surface area contributed by atoms with E-state index in [9.17, 15) is 18.0 Å². The van der Waals surface area contributed by atoms with Crippen LogP contribution in [0.2, 0.25) is 0 Å². The lowest BCUT2D eigenvalue weighted by Gasteiger charge is -2.32. The molecule has 0 unspecified atom stereocenters. The van der Waals surface area contributed by atoms with Crippen molar-refractivity contribution in [3.8, 4) is 0 Å². The smallest absolute Gasteiger partial charge is 0.416 e. The Kier molecular flexibility index (Phi) is 4.61. The van der Waals surface area contributed by atoms with Crippen LogP contribution in [0.15, 0.2) is 12.1 Å². The number of fused-ring (bicyclic) bond motifs is 1. The lowest BCUT2D eigenvalue weighted by molar-refractivity contribution is -0.138. The van der Waals surface area contributed by atoms with Gasteiger partial charge in [0.15, 0.2) is 0 Å². The number of carbonyl (C=O) groups is 1. The molecule has 128 valence electrons. The number of alkyl halides is 3. The number of halogens is 3. The Balaban J connectivity index is 2.34. The van der Waals surface area contributed by atoms with Crippen LogP contribution in [-0.4, -0.2) is 28.2 Å². The molecule has 0 aliphatic carbocycles. The fourth-order valence-electron chi connectivity index (χ4n) is 2.56. The number of rotatable bonds is 1. The summed E-state index contributed by atoms with van der Waals surface area (Å²) in [7, 11) is 0. The van der Waals surface area contributed by atoms with E-state index in [1.807, 2.05) is 0 Å². The first-order chi connectivity index (χ1) is 10.5. The third-order valence-electron chi connectivity index (χ3n) is 3.54. The number of aliphatic hydroxyl groups is 1. The summed E-state index contributed by atoms with van der Waals surface area (Å²) >= 11 is 0. The van der Waals surface area contributed by atoms with Crippen LogP contribution in [0.5, 0.6) is 0 Å². The van der Waals surface area contributed by atoms with Crippen molar-refractivity contribution in [2.45, 2.75) is 52.1 Å². The van der Waals surface area contributed by atoms with Gasteiger partial charge in [0.05, 0.1) is 12.2 Å². The molecule has 1 N–H and O–H groups in total. The average Bonchev–Trinajstić information content (AvgIpc) is 2.42. The van der Waals surface area contributed by atoms with Crippen LogP contribution in [-0.2, 0) is 30.5 Å². The summed E-state index contributed by atoms with van der Waals surface area (Å²) in [5.41, 5.74) is -0.685. The number of benzene rings is 1. The zero-order chi connectivity index (χ0) is 17.4. The summed E-state index contributed by atoms with van der Waals surface area (Å²) in [4.78, 5) is 13.4. The monoisotopic (exact) mass is 331 g/mol. The predicted molar refractivity (Wildman–Crippen MR) is 77.7 cm³/mol. The molecule has 0 radical (unpaired) electrons. The van der Waals surface area contributed by atoms with Gasteiger partial charge in [-0.15, -0.1) is 0 Å². The summed E-state index contributed by atoms with van der Waals surface area (Å²) in [5.74, 6) is 0. The molecule has 0 saturated heterocycles. The van der Waals surface area contributed by atoms with Crippen molar-refractivity contribution >= 4 is 6.09 Å². The van der Waals surface area contributed by atoms with Gasteiger partial charge in [0.1, 0.15) is 5.60 Å². The number of nitrogens with zero attached hydrogens (tertiary/aromatic N) is 1. The number of hydrogen-bond donors (Lipinski definition) is 1. The fraction of sp³-hybridized carbons (Fsp3) is 0.562. The van der Waals surface area contributed by atoms with E-state index in [1.54, 1.807) is 26.8 Å². The van der Waals surface area contributed by atoms with E-state index < -0.39 is 30.0 Å². The maximum absolute atomic E-state index is 13.3. The zero-order valence-electron chi connectivity index (χ0n) is 13.3. The predicted octanol–water partition coefficient (Wildman–Crippen LogP) is 3.49. The van der Waals surface area contributed by atoms with E-state index in [2.05, 4.69) is 0 Å². The van der Waals surface area contributed by atoms with Crippen LogP contribution in [0.1, 0.15) is 43.0 Å². The zero-order valence-corrected chi connectivity index (χ0v) is 13.3. The van der Waals surface area contributed by atoms with Crippen LogP contribution in [0.25, 0.3) is 0 Å². The quantitative estimate of drug-likeness (QED) is 0.857. The number of aliphatic hydroxyl groups excluding tert-OH is 1. The molecule has 0 aromatic heterocycles. The maximum atomic E-state index is 13.3. The molecule has 23 heavy (non-hydrogen) atoms. The summed E-state index contributed by atoms with van der Waals surface area (Å²) in [6.07, 6.45) is -4.86. The molecule has 0 saturated carbocycles. The highest BCUT2D eigenvalue weighted by molar-refractivity contribution is 5.69. The van der Waals surface area contributed by atoms with Crippen LogP contribution < -0.4 is 0 Å². The summed E-state index contributed by atoms with van der Waals surface area (Å²) in [6, 6.07) is 2.51. The molecule has 1 amide bonds. The van der Waals surface area contributed by atoms with E-state index in [1.165, 1.54) is 4.90 Å². The number of amides is 1. The standard InChI is InChI=1S/C16H20F3NO3/c1-15(2,3)23-14(22)20-5-4-11-6-10(9-21)7-13(12(11)8-20)16(17,18)19/h6-7,21H,4-5,8-9H2,1-3H3. The lowest BCUT2D eigenvalue weighted by atomic mass is 9.92. The molecule has 0 atom stereocenters. The Hall–Kier alpha value is -1.76. The lowest BCUT2D eigenvalue weighted by Crippen LogP contribution is -2.40. The Morgan fingerprint density at radius 2 is 1.96 bits per heavy atom. The normalized spacial score (nSPS) is 15.3. The third kappa shape index (κ3) is 4.16. The number of ether oxygens (including phenoxy) is 1.